The number of furan rings is 1. The van der Waals surface area contributed by atoms with Gasteiger partial charge in [-0.1, -0.05) is 12.1 Å². The Balaban J connectivity index is 2.86. The molecule has 0 atom stereocenters. The molecule has 14 heavy (non-hydrogen) atoms. The predicted octanol–water partition coefficient (Wildman–Crippen LogP) is 3.02. The Labute approximate surface area is 88.8 Å². The molecular formula is C10H7BrO3. The summed E-state index contributed by atoms with van der Waals surface area (Å²) in [4.78, 5) is 10.8. The molecule has 1 heterocycles. The largest absolute Gasteiger partial charge is 0.468 e. The van der Waals surface area contributed by atoms with Gasteiger partial charge in [-0.3, -0.25) is 4.79 Å². The maximum absolute atomic E-state index is 10.8. The van der Waals surface area contributed by atoms with Crippen molar-refractivity contribution in [3.63, 3.8) is 0 Å². The molecule has 0 fully saturated rings. The maximum Gasteiger partial charge on any atom is 0.296 e. The molecule has 3 nitrogen and oxygen atoms in total. The van der Waals surface area contributed by atoms with Crippen LogP contribution in [0.1, 0.15) is 10.4 Å². The summed E-state index contributed by atoms with van der Waals surface area (Å²) in [5.74, 6) is 0.252. The fourth-order valence-electron chi connectivity index (χ4n) is 1.35. The minimum atomic E-state index is 0.252. The van der Waals surface area contributed by atoms with Crippen molar-refractivity contribution in [3.05, 3.63) is 28.2 Å². The Hall–Kier alpha value is -1.29. The van der Waals surface area contributed by atoms with E-state index in [1.54, 1.807) is 0 Å². The Morgan fingerprint density at radius 3 is 2.93 bits per heavy atom. The number of aldehydes is 1. The molecule has 4 heteroatoms. The number of hydrogen-bond donors (Lipinski definition) is 0. The van der Waals surface area contributed by atoms with Gasteiger partial charge in [-0.25, -0.2) is 0 Å². The first-order chi connectivity index (χ1) is 6.77. The van der Waals surface area contributed by atoms with Gasteiger partial charge in [-0.2, -0.15) is 0 Å². The SMILES string of the molecule is COc1oc2c(Br)cccc2c1C=O. The van der Waals surface area contributed by atoms with Crippen molar-refractivity contribution < 1.29 is 13.9 Å². The van der Waals surface area contributed by atoms with Gasteiger partial charge in [0.1, 0.15) is 5.56 Å². The van der Waals surface area contributed by atoms with E-state index in [0.29, 0.717) is 11.1 Å². The second kappa shape index (κ2) is 3.46. The van der Waals surface area contributed by atoms with Crippen LogP contribution in [-0.2, 0) is 0 Å². The molecule has 0 amide bonds. The molecule has 0 spiro atoms. The number of hydrogen-bond acceptors (Lipinski definition) is 3. The summed E-state index contributed by atoms with van der Waals surface area (Å²) < 4.78 is 11.1. The topological polar surface area (TPSA) is 39.4 Å². The number of benzene rings is 1. The van der Waals surface area contributed by atoms with E-state index in [2.05, 4.69) is 15.9 Å². The van der Waals surface area contributed by atoms with Crippen LogP contribution in [0.5, 0.6) is 5.95 Å². The summed E-state index contributed by atoms with van der Waals surface area (Å²) in [6.07, 6.45) is 0.733. The smallest absolute Gasteiger partial charge is 0.296 e. The molecular weight excluding hydrogens is 248 g/mol. The second-order valence-corrected chi connectivity index (χ2v) is 3.60. The third kappa shape index (κ3) is 1.23. The van der Waals surface area contributed by atoms with Crippen LogP contribution in [0.15, 0.2) is 27.1 Å². The van der Waals surface area contributed by atoms with E-state index in [4.69, 9.17) is 9.15 Å². The molecule has 2 rings (SSSR count). The fraction of sp³-hybridized carbons (Fsp3) is 0.100. The quantitative estimate of drug-likeness (QED) is 0.774. The number of methoxy groups -OCH3 is 1. The van der Waals surface area contributed by atoms with Crippen LogP contribution in [0, 0.1) is 0 Å². The van der Waals surface area contributed by atoms with Crippen molar-refractivity contribution in [1.82, 2.24) is 0 Å². The molecule has 72 valence electrons. The average molecular weight is 255 g/mol. The van der Waals surface area contributed by atoms with Crippen LogP contribution in [0.4, 0.5) is 0 Å². The Morgan fingerprint density at radius 2 is 2.29 bits per heavy atom. The van der Waals surface area contributed by atoms with Crippen LogP contribution >= 0.6 is 15.9 Å². The van der Waals surface area contributed by atoms with Crippen LogP contribution in [0.2, 0.25) is 0 Å². The Morgan fingerprint density at radius 1 is 1.50 bits per heavy atom. The monoisotopic (exact) mass is 254 g/mol. The lowest BCUT2D eigenvalue weighted by atomic mass is 10.2. The first-order valence-corrected chi connectivity index (χ1v) is 4.77. The van der Waals surface area contributed by atoms with E-state index < -0.39 is 0 Å². The number of fused-ring (bicyclic) bond motifs is 1. The zero-order chi connectivity index (χ0) is 10.1. The third-order valence-corrected chi connectivity index (χ3v) is 2.60. The van der Waals surface area contributed by atoms with Crippen LogP contribution in [0.3, 0.4) is 0 Å². The highest BCUT2D eigenvalue weighted by atomic mass is 79.9. The lowest BCUT2D eigenvalue weighted by molar-refractivity contribution is 0.111. The molecule has 0 aliphatic rings. The van der Waals surface area contributed by atoms with Gasteiger partial charge in [0, 0.05) is 5.39 Å². The van der Waals surface area contributed by atoms with E-state index in [-0.39, 0.29) is 5.95 Å². The number of halogens is 1. The van der Waals surface area contributed by atoms with Gasteiger partial charge in [0.2, 0.25) is 0 Å². The standard InChI is InChI=1S/C10H7BrO3/c1-13-10-7(5-12)6-3-2-4-8(11)9(6)14-10/h2-5H,1H3. The summed E-state index contributed by atoms with van der Waals surface area (Å²) in [6, 6.07) is 5.50. The molecule has 0 saturated carbocycles. The van der Waals surface area contributed by atoms with Crippen LogP contribution < -0.4 is 4.74 Å². The number of ether oxygens (including phenoxy) is 1. The molecule has 0 unspecified atom stereocenters. The van der Waals surface area contributed by atoms with E-state index in [9.17, 15) is 4.79 Å². The van der Waals surface area contributed by atoms with Crippen molar-refractivity contribution in [2.75, 3.05) is 7.11 Å². The van der Waals surface area contributed by atoms with Crippen molar-refractivity contribution in [3.8, 4) is 5.95 Å². The molecule has 0 aliphatic heterocycles. The predicted molar refractivity (Wildman–Crippen MR) is 55.9 cm³/mol. The lowest BCUT2D eigenvalue weighted by Gasteiger charge is -1.91. The highest BCUT2D eigenvalue weighted by Crippen LogP contribution is 2.34. The summed E-state index contributed by atoms with van der Waals surface area (Å²) >= 11 is 3.34. The van der Waals surface area contributed by atoms with Gasteiger partial charge in [-0.05, 0) is 22.0 Å². The van der Waals surface area contributed by atoms with Gasteiger partial charge in [0.15, 0.2) is 11.9 Å². The van der Waals surface area contributed by atoms with Crippen molar-refractivity contribution in [1.29, 1.82) is 0 Å². The highest BCUT2D eigenvalue weighted by molar-refractivity contribution is 9.10. The average Bonchev–Trinajstić information content (AvgIpc) is 2.57. The number of carbonyl (C=O) groups is 1. The van der Waals surface area contributed by atoms with Crippen LogP contribution in [0.25, 0.3) is 11.0 Å². The van der Waals surface area contributed by atoms with E-state index in [0.717, 1.165) is 16.1 Å². The fourth-order valence-corrected chi connectivity index (χ4v) is 1.79. The van der Waals surface area contributed by atoms with Gasteiger partial charge >= 0.3 is 0 Å². The van der Waals surface area contributed by atoms with E-state index in [1.165, 1.54) is 7.11 Å². The zero-order valence-corrected chi connectivity index (χ0v) is 9.00. The minimum absolute atomic E-state index is 0.252. The normalized spacial score (nSPS) is 10.4. The number of rotatable bonds is 2. The molecule has 0 saturated heterocycles. The first kappa shape index (κ1) is 9.27. The first-order valence-electron chi connectivity index (χ1n) is 3.98. The van der Waals surface area contributed by atoms with Crippen molar-refractivity contribution in [2.24, 2.45) is 0 Å². The van der Waals surface area contributed by atoms with E-state index in [1.807, 2.05) is 18.2 Å². The summed E-state index contributed by atoms with van der Waals surface area (Å²) in [7, 11) is 1.47. The van der Waals surface area contributed by atoms with Gasteiger partial charge in [-0.15, -0.1) is 0 Å². The molecule has 1 aromatic heterocycles. The molecule has 0 bridgehead atoms. The Kier molecular flexibility index (Phi) is 2.29. The van der Waals surface area contributed by atoms with Crippen LogP contribution in [-0.4, -0.2) is 13.4 Å². The lowest BCUT2D eigenvalue weighted by Crippen LogP contribution is -1.84. The van der Waals surface area contributed by atoms with E-state index >= 15 is 0 Å². The summed E-state index contributed by atoms with van der Waals surface area (Å²) in [6.45, 7) is 0. The Bertz CT molecular complexity index is 487. The van der Waals surface area contributed by atoms with Gasteiger partial charge < -0.3 is 9.15 Å². The number of carbonyl (C=O) groups excluding carboxylic acids is 1. The number of para-hydroxylation sites is 1. The van der Waals surface area contributed by atoms with Gasteiger partial charge in [0.05, 0.1) is 11.6 Å². The molecule has 1 aromatic carbocycles. The molecule has 0 N–H and O–H groups in total. The molecule has 0 radical (unpaired) electrons. The molecule has 0 aliphatic carbocycles. The second-order valence-electron chi connectivity index (χ2n) is 2.74. The maximum atomic E-state index is 10.8. The van der Waals surface area contributed by atoms with Crippen molar-refractivity contribution >= 4 is 33.2 Å². The molecule has 2 aromatic rings. The zero-order valence-electron chi connectivity index (χ0n) is 7.41. The summed E-state index contributed by atoms with van der Waals surface area (Å²) in [5.41, 5.74) is 1.08. The van der Waals surface area contributed by atoms with Gasteiger partial charge in [0.25, 0.3) is 5.95 Å². The summed E-state index contributed by atoms with van der Waals surface area (Å²) in [5, 5.41) is 0.756. The van der Waals surface area contributed by atoms with Crippen molar-refractivity contribution in [2.45, 2.75) is 0 Å². The highest BCUT2D eigenvalue weighted by Gasteiger charge is 2.15. The third-order valence-electron chi connectivity index (χ3n) is 1.98. The minimum Gasteiger partial charge on any atom is -0.468 e.